The smallest absolute Gasteiger partial charge is 0.246 e. The molecular formula is C13H20FN3O2S. The fraction of sp³-hybridized carbons (Fsp3) is 0.538. The van der Waals surface area contributed by atoms with Crippen LogP contribution >= 0.6 is 0 Å². The molecule has 0 bridgehead atoms. The lowest BCUT2D eigenvalue weighted by Gasteiger charge is -2.37. The van der Waals surface area contributed by atoms with Gasteiger partial charge in [-0.15, -0.1) is 0 Å². The van der Waals surface area contributed by atoms with Crippen molar-refractivity contribution in [2.24, 2.45) is 5.73 Å². The highest BCUT2D eigenvalue weighted by Gasteiger charge is 2.31. The zero-order valence-electron chi connectivity index (χ0n) is 11.5. The van der Waals surface area contributed by atoms with Crippen LogP contribution in [0.3, 0.4) is 0 Å². The van der Waals surface area contributed by atoms with E-state index in [1.807, 2.05) is 6.92 Å². The lowest BCUT2D eigenvalue weighted by Crippen LogP contribution is -2.52. The minimum absolute atomic E-state index is 0.230. The average molecular weight is 301 g/mol. The van der Waals surface area contributed by atoms with Gasteiger partial charge in [-0.1, -0.05) is 12.1 Å². The molecule has 2 rings (SSSR count). The largest absolute Gasteiger partial charge is 0.329 e. The first-order valence-electron chi connectivity index (χ1n) is 6.65. The van der Waals surface area contributed by atoms with E-state index in [1.54, 1.807) is 0 Å². The molecule has 20 heavy (non-hydrogen) atoms. The Hall–Kier alpha value is -1.02. The Bertz CT molecular complexity index is 556. The number of hydrogen-bond donors (Lipinski definition) is 1. The lowest BCUT2D eigenvalue weighted by atomic mass is 10.2. The molecule has 5 nitrogen and oxygen atoms in total. The summed E-state index contributed by atoms with van der Waals surface area (Å²) in [6, 6.07) is 5.71. The Kier molecular flexibility index (Phi) is 4.74. The minimum Gasteiger partial charge on any atom is -0.329 e. The molecular weight excluding hydrogens is 281 g/mol. The van der Waals surface area contributed by atoms with Crippen LogP contribution in [-0.2, 0) is 10.0 Å². The van der Waals surface area contributed by atoms with Gasteiger partial charge in [-0.2, -0.15) is 4.31 Å². The van der Waals surface area contributed by atoms with E-state index in [2.05, 4.69) is 4.90 Å². The minimum atomic E-state index is -3.75. The quantitative estimate of drug-likeness (QED) is 0.878. The number of rotatable bonds is 4. The number of halogens is 1. The van der Waals surface area contributed by atoms with Crippen molar-refractivity contribution in [2.45, 2.75) is 17.9 Å². The van der Waals surface area contributed by atoms with Gasteiger partial charge in [-0.3, -0.25) is 4.90 Å². The third-order valence-corrected chi connectivity index (χ3v) is 5.62. The number of benzene rings is 1. The van der Waals surface area contributed by atoms with Crippen LogP contribution < -0.4 is 5.73 Å². The molecule has 112 valence electrons. The van der Waals surface area contributed by atoms with Crippen LogP contribution in [0.4, 0.5) is 4.39 Å². The maximum atomic E-state index is 13.7. The van der Waals surface area contributed by atoms with Gasteiger partial charge in [-0.05, 0) is 19.1 Å². The van der Waals surface area contributed by atoms with E-state index in [-0.39, 0.29) is 10.9 Å². The van der Waals surface area contributed by atoms with Gasteiger partial charge >= 0.3 is 0 Å². The maximum absolute atomic E-state index is 13.7. The average Bonchev–Trinajstić information content (AvgIpc) is 2.47. The monoisotopic (exact) mass is 301 g/mol. The molecule has 1 heterocycles. The van der Waals surface area contributed by atoms with Crippen LogP contribution in [0.2, 0.25) is 0 Å². The van der Waals surface area contributed by atoms with Gasteiger partial charge in [0.1, 0.15) is 10.7 Å². The van der Waals surface area contributed by atoms with Crippen LogP contribution in [0, 0.1) is 5.82 Å². The van der Waals surface area contributed by atoms with Gasteiger partial charge in [0.05, 0.1) is 0 Å². The molecule has 2 N–H and O–H groups in total. The van der Waals surface area contributed by atoms with Crippen molar-refractivity contribution in [3.63, 3.8) is 0 Å². The standard InChI is InChI=1S/C13H20FN3O2S/c1-11(10-15)16-6-8-17(9-7-16)20(18,19)13-5-3-2-4-12(13)14/h2-5,11H,6-10,15H2,1H3. The normalized spacial score (nSPS) is 19.9. The van der Waals surface area contributed by atoms with Crippen molar-refractivity contribution in [1.29, 1.82) is 0 Å². The molecule has 1 aromatic carbocycles. The molecule has 1 unspecified atom stereocenters. The fourth-order valence-corrected chi connectivity index (χ4v) is 3.81. The molecule has 0 aromatic heterocycles. The Morgan fingerprint density at radius 2 is 1.85 bits per heavy atom. The molecule has 7 heteroatoms. The Balaban J connectivity index is 2.12. The fourth-order valence-electron chi connectivity index (χ4n) is 2.33. The number of sulfonamides is 1. The second kappa shape index (κ2) is 6.17. The predicted molar refractivity (Wildman–Crippen MR) is 75.2 cm³/mol. The van der Waals surface area contributed by atoms with Crippen molar-refractivity contribution >= 4 is 10.0 Å². The highest BCUT2D eigenvalue weighted by Crippen LogP contribution is 2.20. The van der Waals surface area contributed by atoms with Crippen molar-refractivity contribution in [1.82, 2.24) is 9.21 Å². The van der Waals surface area contributed by atoms with Gasteiger partial charge in [0.15, 0.2) is 0 Å². The van der Waals surface area contributed by atoms with E-state index in [0.717, 1.165) is 0 Å². The summed E-state index contributed by atoms with van der Waals surface area (Å²) in [5, 5.41) is 0. The summed E-state index contributed by atoms with van der Waals surface area (Å²) in [5.74, 6) is -0.703. The van der Waals surface area contributed by atoms with Crippen LogP contribution in [0.1, 0.15) is 6.92 Å². The summed E-state index contributed by atoms with van der Waals surface area (Å²) < 4.78 is 39.8. The summed E-state index contributed by atoms with van der Waals surface area (Å²) in [6.07, 6.45) is 0. The maximum Gasteiger partial charge on any atom is 0.246 e. The first-order valence-corrected chi connectivity index (χ1v) is 8.09. The zero-order valence-corrected chi connectivity index (χ0v) is 12.3. The van der Waals surface area contributed by atoms with Gasteiger partial charge in [0, 0.05) is 38.8 Å². The molecule has 1 aromatic rings. The van der Waals surface area contributed by atoms with Crippen molar-refractivity contribution < 1.29 is 12.8 Å². The number of nitrogens with zero attached hydrogens (tertiary/aromatic N) is 2. The molecule has 0 aliphatic carbocycles. The highest BCUT2D eigenvalue weighted by molar-refractivity contribution is 7.89. The van der Waals surface area contributed by atoms with Crippen LogP contribution in [0.15, 0.2) is 29.2 Å². The summed E-state index contributed by atoms with van der Waals surface area (Å²) in [6.45, 7) is 4.52. The van der Waals surface area contributed by atoms with Gasteiger partial charge in [0.25, 0.3) is 0 Å². The number of hydrogen-bond acceptors (Lipinski definition) is 4. The van der Waals surface area contributed by atoms with Crippen LogP contribution in [0.25, 0.3) is 0 Å². The van der Waals surface area contributed by atoms with E-state index in [1.165, 1.54) is 28.6 Å². The summed E-state index contributed by atoms with van der Waals surface area (Å²) in [4.78, 5) is 1.90. The lowest BCUT2D eigenvalue weighted by molar-refractivity contribution is 0.148. The number of nitrogens with two attached hydrogens (primary N) is 1. The second-order valence-corrected chi connectivity index (χ2v) is 6.86. The molecule has 0 radical (unpaired) electrons. The predicted octanol–water partition coefficient (Wildman–Crippen LogP) is 0.479. The first-order chi connectivity index (χ1) is 9.46. The van der Waals surface area contributed by atoms with Crippen LogP contribution in [-0.4, -0.2) is 56.4 Å². The van der Waals surface area contributed by atoms with Gasteiger partial charge < -0.3 is 5.73 Å². The second-order valence-electron chi connectivity index (χ2n) is 4.96. The molecule has 1 atom stereocenters. The Labute approximate surface area is 119 Å². The SMILES string of the molecule is CC(CN)N1CCN(S(=O)(=O)c2ccccc2F)CC1. The van der Waals surface area contributed by atoms with Crippen molar-refractivity contribution in [2.75, 3.05) is 32.7 Å². The molecule has 1 aliphatic rings. The van der Waals surface area contributed by atoms with E-state index in [9.17, 15) is 12.8 Å². The summed E-state index contributed by atoms with van der Waals surface area (Å²) in [5.41, 5.74) is 5.61. The van der Waals surface area contributed by atoms with E-state index in [4.69, 9.17) is 5.73 Å². The molecule has 1 saturated heterocycles. The van der Waals surface area contributed by atoms with Crippen molar-refractivity contribution in [3.8, 4) is 0 Å². The summed E-state index contributed by atoms with van der Waals surface area (Å²) >= 11 is 0. The topological polar surface area (TPSA) is 66.6 Å². The Morgan fingerprint density at radius 1 is 1.25 bits per heavy atom. The van der Waals surface area contributed by atoms with Crippen LogP contribution in [0.5, 0.6) is 0 Å². The highest BCUT2D eigenvalue weighted by atomic mass is 32.2. The third kappa shape index (κ3) is 3.01. The van der Waals surface area contributed by atoms with Crippen molar-refractivity contribution in [3.05, 3.63) is 30.1 Å². The van der Waals surface area contributed by atoms with E-state index >= 15 is 0 Å². The molecule has 0 amide bonds. The molecule has 1 aliphatic heterocycles. The van der Waals surface area contributed by atoms with E-state index in [0.29, 0.717) is 32.7 Å². The zero-order chi connectivity index (χ0) is 14.8. The summed E-state index contributed by atoms with van der Waals surface area (Å²) in [7, 11) is -3.75. The van der Waals surface area contributed by atoms with E-state index < -0.39 is 15.8 Å². The van der Waals surface area contributed by atoms with Gasteiger partial charge in [0.2, 0.25) is 10.0 Å². The van der Waals surface area contributed by atoms with Gasteiger partial charge in [-0.25, -0.2) is 12.8 Å². The molecule has 1 fully saturated rings. The third-order valence-electron chi connectivity index (χ3n) is 3.69. The number of piperazine rings is 1. The molecule has 0 spiro atoms. The first kappa shape index (κ1) is 15.4. The Morgan fingerprint density at radius 3 is 2.40 bits per heavy atom. The molecule has 0 saturated carbocycles.